The van der Waals surface area contributed by atoms with Crippen molar-refractivity contribution in [1.29, 1.82) is 0 Å². The van der Waals surface area contributed by atoms with Gasteiger partial charge in [-0.3, -0.25) is 9.36 Å². The molecule has 0 bridgehead atoms. The molecule has 9 heteroatoms. The topological polar surface area (TPSA) is 108 Å². The number of nitrogens with zero attached hydrogens (tertiary/aromatic N) is 1. The summed E-state index contributed by atoms with van der Waals surface area (Å²) < 4.78 is 23.1. The number of rotatable bonds is 42. The summed E-state index contributed by atoms with van der Waals surface area (Å²) in [5, 5.41) is 13.7. The highest BCUT2D eigenvalue weighted by molar-refractivity contribution is 7.45. The van der Waals surface area contributed by atoms with Gasteiger partial charge in [-0.25, -0.2) is 0 Å². The summed E-state index contributed by atoms with van der Waals surface area (Å²) in [4.78, 5) is 25.3. The number of aliphatic hydroxyl groups is 1. The van der Waals surface area contributed by atoms with Crippen LogP contribution >= 0.6 is 7.82 Å². The van der Waals surface area contributed by atoms with Crippen LogP contribution in [0.3, 0.4) is 0 Å². The molecule has 0 aliphatic rings. The van der Waals surface area contributed by atoms with Crippen LogP contribution in [0.2, 0.25) is 0 Å². The van der Waals surface area contributed by atoms with Crippen LogP contribution in [0.15, 0.2) is 85.1 Å². The maximum absolute atomic E-state index is 12.8. The number of phosphoric ester groups is 1. The van der Waals surface area contributed by atoms with Gasteiger partial charge < -0.3 is 28.8 Å². The van der Waals surface area contributed by atoms with Gasteiger partial charge in [0.25, 0.3) is 7.82 Å². The summed E-state index contributed by atoms with van der Waals surface area (Å²) >= 11 is 0. The maximum Gasteiger partial charge on any atom is 0.268 e. The van der Waals surface area contributed by atoms with Crippen molar-refractivity contribution in [3.8, 4) is 0 Å². The van der Waals surface area contributed by atoms with Crippen molar-refractivity contribution in [2.24, 2.45) is 0 Å². The van der Waals surface area contributed by atoms with Crippen LogP contribution in [0.25, 0.3) is 0 Å². The van der Waals surface area contributed by atoms with Gasteiger partial charge in [-0.1, -0.05) is 182 Å². The SMILES string of the molecule is C/C=C/CC/C=C/CC/C=C/C(O)C(COP(=O)([O-])OCC[N+](C)(C)C)NC(=O)CCCCCCCCCCCCCCCCCC/C=C\C/C=C\C/C=C\C/C=C\CC. The number of nitrogens with one attached hydrogen (secondary N) is 1. The Morgan fingerprint density at radius 1 is 0.617 bits per heavy atom. The summed E-state index contributed by atoms with van der Waals surface area (Å²) in [5.41, 5.74) is 0. The summed E-state index contributed by atoms with van der Waals surface area (Å²) in [6, 6.07) is -0.910. The van der Waals surface area contributed by atoms with Crippen LogP contribution in [0.1, 0.15) is 181 Å². The van der Waals surface area contributed by atoms with E-state index in [1.54, 1.807) is 6.08 Å². The minimum atomic E-state index is -4.60. The molecule has 60 heavy (non-hydrogen) atoms. The molecule has 0 aromatic carbocycles. The highest BCUT2D eigenvalue weighted by Crippen LogP contribution is 2.38. The van der Waals surface area contributed by atoms with Crippen molar-refractivity contribution in [1.82, 2.24) is 5.32 Å². The van der Waals surface area contributed by atoms with E-state index in [2.05, 4.69) is 79.1 Å². The Kier molecular flexibility index (Phi) is 40.4. The first kappa shape index (κ1) is 57.7. The lowest BCUT2D eigenvalue weighted by atomic mass is 10.0. The molecule has 8 nitrogen and oxygen atoms in total. The molecule has 0 spiro atoms. The van der Waals surface area contributed by atoms with E-state index in [1.165, 1.54) is 89.9 Å². The molecule has 0 aliphatic heterocycles. The van der Waals surface area contributed by atoms with Crippen LogP contribution < -0.4 is 10.2 Å². The molecule has 3 unspecified atom stereocenters. The lowest BCUT2D eigenvalue weighted by Crippen LogP contribution is -2.45. The Hall–Kier alpha value is -2.32. The molecule has 0 radical (unpaired) electrons. The number of quaternary nitrogens is 1. The average molecular weight is 859 g/mol. The van der Waals surface area contributed by atoms with Gasteiger partial charge in [-0.2, -0.15) is 0 Å². The van der Waals surface area contributed by atoms with Crippen molar-refractivity contribution < 1.29 is 32.9 Å². The van der Waals surface area contributed by atoms with Crippen LogP contribution in [-0.2, 0) is 18.4 Å². The molecule has 0 fully saturated rings. The number of phosphoric acid groups is 1. The summed E-state index contributed by atoms with van der Waals surface area (Å²) in [7, 11) is 1.22. The fourth-order valence-corrected chi connectivity index (χ4v) is 7.14. The zero-order chi connectivity index (χ0) is 44.3. The van der Waals surface area contributed by atoms with Gasteiger partial charge in [0.2, 0.25) is 5.91 Å². The molecule has 0 heterocycles. The zero-order valence-electron chi connectivity index (χ0n) is 39.1. The number of hydrogen-bond donors (Lipinski definition) is 2. The third-order valence-electron chi connectivity index (χ3n) is 10.2. The number of carbonyl (C=O) groups is 1. The second kappa shape index (κ2) is 42.0. The lowest BCUT2D eigenvalue weighted by Gasteiger charge is -2.29. The molecule has 0 aromatic heterocycles. The van der Waals surface area contributed by atoms with Crippen molar-refractivity contribution in [3.63, 3.8) is 0 Å². The second-order valence-electron chi connectivity index (χ2n) is 17.1. The minimum absolute atomic E-state index is 0.0123. The first-order valence-corrected chi connectivity index (χ1v) is 25.4. The molecule has 0 aliphatic carbocycles. The smallest absolute Gasteiger partial charge is 0.268 e. The number of amides is 1. The number of carbonyl (C=O) groups excluding carboxylic acids is 1. The first-order valence-electron chi connectivity index (χ1n) is 23.9. The molecule has 2 N–H and O–H groups in total. The summed E-state index contributed by atoms with van der Waals surface area (Å²) in [6.07, 6.45) is 58.2. The molecule has 1 amide bonds. The summed E-state index contributed by atoms with van der Waals surface area (Å²) in [5.74, 6) is -0.218. The van der Waals surface area contributed by atoms with Gasteiger partial charge in [0.1, 0.15) is 13.2 Å². The number of aliphatic hydroxyl groups excluding tert-OH is 1. The second-order valence-corrected chi connectivity index (χ2v) is 18.5. The molecular formula is C51H91N2O6P. The van der Waals surface area contributed by atoms with Gasteiger partial charge in [0.15, 0.2) is 0 Å². The molecule has 0 saturated heterocycles. The highest BCUT2D eigenvalue weighted by atomic mass is 31.2. The van der Waals surface area contributed by atoms with Crippen molar-refractivity contribution in [2.75, 3.05) is 40.9 Å². The van der Waals surface area contributed by atoms with E-state index in [1.807, 2.05) is 40.2 Å². The quantitative estimate of drug-likeness (QED) is 0.0274. The van der Waals surface area contributed by atoms with Crippen LogP contribution in [0.4, 0.5) is 0 Å². The van der Waals surface area contributed by atoms with E-state index >= 15 is 0 Å². The molecule has 3 atom stereocenters. The number of allylic oxidation sites excluding steroid dienone is 13. The molecule has 0 saturated carbocycles. The largest absolute Gasteiger partial charge is 0.756 e. The Balaban J connectivity index is 4.08. The van der Waals surface area contributed by atoms with Gasteiger partial charge in [0.05, 0.1) is 39.9 Å². The highest BCUT2D eigenvalue weighted by Gasteiger charge is 2.23. The zero-order valence-corrected chi connectivity index (χ0v) is 40.0. The van der Waals surface area contributed by atoms with Crippen LogP contribution in [0.5, 0.6) is 0 Å². The van der Waals surface area contributed by atoms with E-state index in [0.717, 1.165) is 70.6 Å². The predicted octanol–water partition coefficient (Wildman–Crippen LogP) is 13.1. The Morgan fingerprint density at radius 3 is 1.55 bits per heavy atom. The van der Waals surface area contributed by atoms with Gasteiger partial charge in [-0.05, 0) is 77.6 Å². The number of hydrogen-bond acceptors (Lipinski definition) is 6. The third kappa shape index (κ3) is 43.8. The normalized spacial score (nSPS) is 15.0. The summed E-state index contributed by atoms with van der Waals surface area (Å²) in [6.45, 7) is 4.25. The predicted molar refractivity (Wildman–Crippen MR) is 256 cm³/mol. The van der Waals surface area contributed by atoms with Gasteiger partial charge >= 0.3 is 0 Å². The van der Waals surface area contributed by atoms with Crippen molar-refractivity contribution >= 4 is 13.7 Å². The lowest BCUT2D eigenvalue weighted by molar-refractivity contribution is -0.870. The maximum atomic E-state index is 12.8. The molecule has 0 rings (SSSR count). The Bertz CT molecular complexity index is 1250. The molecule has 346 valence electrons. The van der Waals surface area contributed by atoms with Crippen LogP contribution in [0, 0.1) is 0 Å². The average Bonchev–Trinajstić information content (AvgIpc) is 3.20. The van der Waals surface area contributed by atoms with Gasteiger partial charge in [0, 0.05) is 6.42 Å². The third-order valence-corrected chi connectivity index (χ3v) is 11.1. The minimum Gasteiger partial charge on any atom is -0.756 e. The number of unbranched alkanes of at least 4 members (excludes halogenated alkanes) is 18. The van der Waals surface area contributed by atoms with E-state index in [0.29, 0.717) is 17.4 Å². The molecule has 0 aromatic rings. The monoisotopic (exact) mass is 859 g/mol. The van der Waals surface area contributed by atoms with Crippen molar-refractivity contribution in [2.45, 2.75) is 193 Å². The van der Waals surface area contributed by atoms with Crippen LogP contribution in [-0.4, -0.2) is 68.5 Å². The Labute approximate surface area is 369 Å². The van der Waals surface area contributed by atoms with E-state index < -0.39 is 26.6 Å². The fourth-order valence-electron chi connectivity index (χ4n) is 6.42. The number of likely N-dealkylation sites (N-methyl/N-ethyl adjacent to an activating group) is 1. The van der Waals surface area contributed by atoms with Gasteiger partial charge in [-0.15, -0.1) is 0 Å². The first-order chi connectivity index (χ1) is 29.0. The van der Waals surface area contributed by atoms with Crippen molar-refractivity contribution in [3.05, 3.63) is 85.1 Å². The van der Waals surface area contributed by atoms with E-state index in [-0.39, 0.29) is 12.5 Å². The van der Waals surface area contributed by atoms with E-state index in [9.17, 15) is 19.4 Å². The fraction of sp³-hybridized carbons (Fsp3) is 0.706. The standard InChI is InChI=1S/C51H91N2O6P/c1-6-8-10-12-14-16-17-18-19-20-21-22-23-24-25-26-27-28-29-30-31-32-33-34-35-37-39-41-43-45-51(55)52-49(48-59-60(56,57)58-47-46-53(3,4)5)50(54)44-42-40-38-36-15-13-11-9-7-2/h7-10,14-16,18-19,21-22,36,42,44,49-50,54H,6,11-13,17,20,23-35,37-41,43,45-48H2,1-5H3,(H-,52,55,56,57)/b9-7+,10-8-,16-14-,19-18-,22-21-,36-15+,44-42+. The molecular weight excluding hydrogens is 768 g/mol. The Morgan fingerprint density at radius 2 is 1.05 bits per heavy atom. The van der Waals surface area contributed by atoms with E-state index in [4.69, 9.17) is 9.05 Å².